The third-order valence-corrected chi connectivity index (χ3v) is 5.10. The molecule has 0 bridgehead atoms. The minimum atomic E-state index is -4.60. The molecule has 1 aliphatic rings. The van der Waals surface area contributed by atoms with Crippen LogP contribution in [0.15, 0.2) is 42.7 Å². The van der Waals surface area contributed by atoms with Crippen LogP contribution in [0.5, 0.6) is 0 Å². The SMILES string of the molecule is O=C(O)C1CCCCN1C(c1cccnc1)c1ccc(Cl)c(C(F)(F)F)c1. The predicted molar refractivity (Wildman–Crippen MR) is 94.5 cm³/mol. The highest BCUT2D eigenvalue weighted by Crippen LogP contribution is 2.39. The summed E-state index contributed by atoms with van der Waals surface area (Å²) in [6.45, 7) is 0.473. The third-order valence-electron chi connectivity index (χ3n) is 4.77. The molecule has 1 aliphatic heterocycles. The van der Waals surface area contributed by atoms with Gasteiger partial charge in [-0.15, -0.1) is 0 Å². The average Bonchev–Trinajstić information content (AvgIpc) is 2.63. The van der Waals surface area contributed by atoms with Gasteiger partial charge < -0.3 is 5.11 Å². The van der Waals surface area contributed by atoms with Crippen LogP contribution in [0.1, 0.15) is 42.0 Å². The lowest BCUT2D eigenvalue weighted by molar-refractivity contribution is -0.145. The Kier molecular flexibility index (Phi) is 5.72. The van der Waals surface area contributed by atoms with E-state index in [0.29, 0.717) is 24.1 Å². The standard InChI is InChI=1S/C19H18ClF3N2O2/c20-15-7-6-12(10-14(15)19(21,22)23)17(13-4-3-8-24-11-13)25-9-2-1-5-16(25)18(26)27/h3-4,6-8,10-11,16-17H,1-2,5,9H2,(H,26,27). The molecule has 0 saturated carbocycles. The number of alkyl halides is 3. The van der Waals surface area contributed by atoms with E-state index in [1.54, 1.807) is 29.4 Å². The van der Waals surface area contributed by atoms with Crippen molar-refractivity contribution in [2.45, 2.75) is 37.5 Å². The summed E-state index contributed by atoms with van der Waals surface area (Å²) in [6.07, 6.45) is 0.517. The number of likely N-dealkylation sites (tertiary alicyclic amines) is 1. The van der Waals surface area contributed by atoms with Gasteiger partial charge in [0.25, 0.3) is 0 Å². The Morgan fingerprint density at radius 2 is 2.04 bits per heavy atom. The van der Waals surface area contributed by atoms with Crippen LogP contribution >= 0.6 is 11.6 Å². The fourth-order valence-electron chi connectivity index (χ4n) is 3.57. The number of rotatable bonds is 4. The zero-order valence-electron chi connectivity index (χ0n) is 14.3. The van der Waals surface area contributed by atoms with E-state index in [4.69, 9.17) is 11.6 Å². The average molecular weight is 399 g/mol. The van der Waals surface area contributed by atoms with Crippen LogP contribution in [0.3, 0.4) is 0 Å². The fourth-order valence-corrected chi connectivity index (χ4v) is 3.80. The molecule has 1 saturated heterocycles. The highest BCUT2D eigenvalue weighted by Gasteiger charge is 2.38. The van der Waals surface area contributed by atoms with Crippen molar-refractivity contribution >= 4 is 17.6 Å². The highest BCUT2D eigenvalue weighted by molar-refractivity contribution is 6.31. The van der Waals surface area contributed by atoms with Crippen LogP contribution in [0.2, 0.25) is 5.02 Å². The number of carbonyl (C=O) groups is 1. The van der Waals surface area contributed by atoms with Crippen molar-refractivity contribution in [2.24, 2.45) is 0 Å². The lowest BCUT2D eigenvalue weighted by Crippen LogP contribution is -2.46. The molecule has 0 spiro atoms. The number of pyridine rings is 1. The summed E-state index contributed by atoms with van der Waals surface area (Å²) in [5.74, 6) is -0.978. The number of aromatic nitrogens is 1. The number of hydrogen-bond acceptors (Lipinski definition) is 3. The number of benzene rings is 1. The number of hydrogen-bond donors (Lipinski definition) is 1. The Labute approximate surface area is 159 Å². The summed E-state index contributed by atoms with van der Waals surface area (Å²) in [4.78, 5) is 17.6. The van der Waals surface area contributed by atoms with E-state index >= 15 is 0 Å². The monoisotopic (exact) mass is 398 g/mol. The number of nitrogens with zero attached hydrogens (tertiary/aromatic N) is 2. The van der Waals surface area contributed by atoms with Crippen molar-refractivity contribution in [3.8, 4) is 0 Å². The molecule has 1 fully saturated rings. The number of piperidine rings is 1. The van der Waals surface area contributed by atoms with Gasteiger partial charge in [0, 0.05) is 12.4 Å². The molecule has 27 heavy (non-hydrogen) atoms. The number of carboxylic acids is 1. The Balaban J connectivity index is 2.13. The van der Waals surface area contributed by atoms with Gasteiger partial charge in [-0.05, 0) is 48.7 Å². The summed E-state index contributed by atoms with van der Waals surface area (Å²) < 4.78 is 40.0. The molecule has 2 unspecified atom stereocenters. The molecule has 2 heterocycles. The molecule has 8 heteroatoms. The molecule has 3 rings (SSSR count). The summed E-state index contributed by atoms with van der Waals surface area (Å²) in [5.41, 5.74) is 0.0495. The molecule has 2 aromatic rings. The lowest BCUT2D eigenvalue weighted by Gasteiger charge is -2.39. The molecule has 0 radical (unpaired) electrons. The first kappa shape index (κ1) is 19.6. The smallest absolute Gasteiger partial charge is 0.417 e. The zero-order chi connectivity index (χ0) is 19.6. The van der Waals surface area contributed by atoms with Crippen molar-refractivity contribution in [3.05, 3.63) is 64.4 Å². The van der Waals surface area contributed by atoms with E-state index in [1.807, 2.05) is 0 Å². The molecule has 0 aliphatic carbocycles. The number of halogens is 4. The summed E-state index contributed by atoms with van der Waals surface area (Å²) >= 11 is 5.76. The number of carboxylic acid groups (broad SMARTS) is 1. The van der Waals surface area contributed by atoms with Crippen molar-refractivity contribution in [1.82, 2.24) is 9.88 Å². The normalized spacial score (nSPS) is 19.6. The Hall–Kier alpha value is -2.12. The van der Waals surface area contributed by atoms with Crippen LogP contribution in [-0.4, -0.2) is 33.5 Å². The maximum atomic E-state index is 13.3. The second-order valence-corrected chi connectivity index (χ2v) is 6.92. The van der Waals surface area contributed by atoms with Crippen LogP contribution in [0.4, 0.5) is 13.2 Å². The minimum absolute atomic E-state index is 0.341. The maximum Gasteiger partial charge on any atom is 0.417 e. The van der Waals surface area contributed by atoms with Crippen LogP contribution in [0.25, 0.3) is 0 Å². The van der Waals surface area contributed by atoms with Crippen LogP contribution < -0.4 is 0 Å². The summed E-state index contributed by atoms with van der Waals surface area (Å²) in [7, 11) is 0. The van der Waals surface area contributed by atoms with Crippen molar-refractivity contribution in [1.29, 1.82) is 0 Å². The molecule has 1 aromatic heterocycles. The van der Waals surface area contributed by atoms with Gasteiger partial charge in [0.1, 0.15) is 6.04 Å². The Bertz CT molecular complexity index is 814. The van der Waals surface area contributed by atoms with E-state index in [1.165, 1.54) is 12.1 Å². The topological polar surface area (TPSA) is 53.4 Å². The van der Waals surface area contributed by atoms with E-state index in [-0.39, 0.29) is 5.02 Å². The van der Waals surface area contributed by atoms with Gasteiger partial charge in [-0.2, -0.15) is 13.2 Å². The molecular formula is C19H18ClF3N2O2. The van der Waals surface area contributed by atoms with Crippen LogP contribution in [-0.2, 0) is 11.0 Å². The summed E-state index contributed by atoms with van der Waals surface area (Å²) in [5, 5.41) is 9.24. The highest BCUT2D eigenvalue weighted by atomic mass is 35.5. The minimum Gasteiger partial charge on any atom is -0.480 e. The van der Waals surface area contributed by atoms with Gasteiger partial charge in [0.05, 0.1) is 16.6 Å². The molecule has 1 aromatic carbocycles. The molecule has 4 nitrogen and oxygen atoms in total. The van der Waals surface area contributed by atoms with Crippen molar-refractivity contribution < 1.29 is 23.1 Å². The van der Waals surface area contributed by atoms with Gasteiger partial charge in [0.15, 0.2) is 0 Å². The van der Waals surface area contributed by atoms with E-state index in [0.717, 1.165) is 18.9 Å². The predicted octanol–water partition coefficient (Wildman–Crippen LogP) is 4.78. The molecular weight excluding hydrogens is 381 g/mol. The quantitative estimate of drug-likeness (QED) is 0.805. The molecule has 0 amide bonds. The first-order chi connectivity index (χ1) is 12.8. The first-order valence-corrected chi connectivity index (χ1v) is 8.92. The van der Waals surface area contributed by atoms with Crippen molar-refractivity contribution in [3.63, 3.8) is 0 Å². The second kappa shape index (κ2) is 7.86. The largest absolute Gasteiger partial charge is 0.480 e. The van der Waals surface area contributed by atoms with Crippen molar-refractivity contribution in [2.75, 3.05) is 6.54 Å². The van der Waals surface area contributed by atoms with Gasteiger partial charge in [0.2, 0.25) is 0 Å². The lowest BCUT2D eigenvalue weighted by atomic mass is 9.91. The van der Waals surface area contributed by atoms with Crippen LogP contribution in [0, 0.1) is 0 Å². The van der Waals surface area contributed by atoms with Gasteiger partial charge in [-0.1, -0.05) is 30.2 Å². The first-order valence-electron chi connectivity index (χ1n) is 8.54. The van der Waals surface area contributed by atoms with E-state index < -0.39 is 29.8 Å². The maximum absolute atomic E-state index is 13.3. The number of aliphatic carboxylic acids is 1. The van der Waals surface area contributed by atoms with Gasteiger partial charge in [-0.25, -0.2) is 0 Å². The molecule has 144 valence electrons. The Morgan fingerprint density at radius 3 is 2.67 bits per heavy atom. The zero-order valence-corrected chi connectivity index (χ0v) is 15.0. The second-order valence-electron chi connectivity index (χ2n) is 6.51. The third kappa shape index (κ3) is 4.25. The van der Waals surface area contributed by atoms with E-state index in [9.17, 15) is 23.1 Å². The van der Waals surface area contributed by atoms with Gasteiger partial charge >= 0.3 is 12.1 Å². The van der Waals surface area contributed by atoms with E-state index in [2.05, 4.69) is 4.98 Å². The fraction of sp³-hybridized carbons (Fsp3) is 0.368. The van der Waals surface area contributed by atoms with Gasteiger partial charge in [-0.3, -0.25) is 14.7 Å². The molecule has 2 atom stereocenters. The Morgan fingerprint density at radius 1 is 1.26 bits per heavy atom. The summed E-state index contributed by atoms with van der Waals surface area (Å²) in [6, 6.07) is 5.74. The molecule has 1 N–H and O–H groups in total.